The molecule has 0 aliphatic carbocycles. The Morgan fingerprint density at radius 3 is 2.55 bits per heavy atom. The molecular weight excluding hydrogens is 302 g/mol. The second kappa shape index (κ2) is 7.81. The second-order valence-electron chi connectivity index (χ2n) is 5.44. The van der Waals surface area contributed by atoms with E-state index in [1.165, 1.54) is 12.1 Å². The van der Waals surface area contributed by atoms with Gasteiger partial charge in [0.1, 0.15) is 5.82 Å². The second-order valence-corrected chi connectivity index (χ2v) is 5.88. The Balaban J connectivity index is 0.00000361. The minimum atomic E-state index is -0.631. The summed E-state index contributed by atoms with van der Waals surface area (Å²) in [6, 6.07) is 3.99. The number of halogens is 3. The Hall–Kier alpha value is -0.840. The molecular formula is C14H21Cl2FN2O. The average Bonchev–Trinajstić information content (AvgIpc) is 2.27. The van der Waals surface area contributed by atoms with Crippen LogP contribution in [0.15, 0.2) is 18.2 Å². The van der Waals surface area contributed by atoms with Crippen LogP contribution in [-0.4, -0.2) is 18.0 Å². The maximum atomic E-state index is 13.7. The van der Waals surface area contributed by atoms with Crippen LogP contribution in [0.1, 0.15) is 37.6 Å². The summed E-state index contributed by atoms with van der Waals surface area (Å²) >= 11 is 5.66. The third kappa shape index (κ3) is 5.27. The van der Waals surface area contributed by atoms with Crippen LogP contribution in [-0.2, 0) is 0 Å². The molecule has 1 aromatic carbocycles. The predicted octanol–water partition coefficient (Wildman–Crippen LogP) is 3.39. The first-order chi connectivity index (χ1) is 8.77. The van der Waals surface area contributed by atoms with Crippen LogP contribution >= 0.6 is 24.0 Å². The fraction of sp³-hybridized carbons (Fsp3) is 0.500. The van der Waals surface area contributed by atoms with E-state index in [1.807, 2.05) is 20.8 Å². The molecule has 0 radical (unpaired) electrons. The molecule has 0 heterocycles. The molecule has 0 aromatic heterocycles. The van der Waals surface area contributed by atoms with Crippen molar-refractivity contribution in [1.82, 2.24) is 5.32 Å². The molecule has 1 amide bonds. The van der Waals surface area contributed by atoms with Gasteiger partial charge < -0.3 is 11.1 Å². The van der Waals surface area contributed by atoms with Crippen molar-refractivity contribution in [3.05, 3.63) is 34.6 Å². The number of benzene rings is 1. The summed E-state index contributed by atoms with van der Waals surface area (Å²) in [5.74, 6) is -0.722. The van der Waals surface area contributed by atoms with Gasteiger partial charge in [0.25, 0.3) is 5.91 Å². The summed E-state index contributed by atoms with van der Waals surface area (Å²) < 4.78 is 13.7. The molecule has 1 rings (SSSR count). The highest BCUT2D eigenvalue weighted by molar-refractivity contribution is 6.30. The molecule has 1 atom stereocenters. The van der Waals surface area contributed by atoms with Crippen LogP contribution in [0.2, 0.25) is 5.02 Å². The van der Waals surface area contributed by atoms with Crippen molar-refractivity contribution >= 4 is 29.9 Å². The van der Waals surface area contributed by atoms with Crippen LogP contribution < -0.4 is 11.1 Å². The summed E-state index contributed by atoms with van der Waals surface area (Å²) in [5, 5.41) is 3.07. The van der Waals surface area contributed by atoms with Crippen LogP contribution in [0.5, 0.6) is 0 Å². The first-order valence-electron chi connectivity index (χ1n) is 6.25. The summed E-state index contributed by atoms with van der Waals surface area (Å²) in [5.41, 5.74) is 5.15. The van der Waals surface area contributed by atoms with E-state index in [2.05, 4.69) is 5.32 Å². The largest absolute Gasteiger partial charge is 0.346 e. The van der Waals surface area contributed by atoms with Crippen LogP contribution in [0, 0.1) is 11.7 Å². The van der Waals surface area contributed by atoms with Gasteiger partial charge in [-0.3, -0.25) is 4.79 Å². The lowest BCUT2D eigenvalue weighted by molar-refractivity contribution is 0.0894. The molecule has 1 aromatic rings. The molecule has 6 heteroatoms. The van der Waals surface area contributed by atoms with E-state index in [-0.39, 0.29) is 23.0 Å². The Bertz CT molecular complexity index is 468. The molecule has 3 N–H and O–H groups in total. The number of carbonyl (C=O) groups is 1. The van der Waals surface area contributed by atoms with Crippen LogP contribution in [0.4, 0.5) is 4.39 Å². The van der Waals surface area contributed by atoms with Gasteiger partial charge in [0, 0.05) is 17.1 Å². The highest BCUT2D eigenvalue weighted by Gasteiger charge is 2.27. The summed E-state index contributed by atoms with van der Waals surface area (Å²) in [4.78, 5) is 12.1. The fourth-order valence-corrected chi connectivity index (χ4v) is 2.26. The number of rotatable bonds is 5. The van der Waals surface area contributed by atoms with E-state index in [1.54, 1.807) is 0 Å². The van der Waals surface area contributed by atoms with Gasteiger partial charge in [-0.1, -0.05) is 25.4 Å². The zero-order valence-electron chi connectivity index (χ0n) is 11.9. The van der Waals surface area contributed by atoms with Crippen molar-refractivity contribution in [2.45, 2.75) is 32.7 Å². The fourth-order valence-electron chi connectivity index (χ4n) is 2.10. The topological polar surface area (TPSA) is 55.1 Å². The maximum Gasteiger partial charge on any atom is 0.254 e. The van der Waals surface area contributed by atoms with Gasteiger partial charge in [0.2, 0.25) is 0 Å². The number of nitrogens with two attached hydrogens (primary N) is 1. The highest BCUT2D eigenvalue weighted by atomic mass is 35.5. The molecule has 0 aliphatic rings. The smallest absolute Gasteiger partial charge is 0.254 e. The first-order valence-corrected chi connectivity index (χ1v) is 6.63. The van der Waals surface area contributed by atoms with Crippen LogP contribution in [0.25, 0.3) is 0 Å². The molecule has 0 saturated carbocycles. The lowest BCUT2D eigenvalue weighted by Gasteiger charge is -2.31. The third-order valence-electron chi connectivity index (χ3n) is 2.90. The molecule has 0 fully saturated rings. The van der Waals surface area contributed by atoms with Crippen molar-refractivity contribution < 1.29 is 9.18 Å². The quantitative estimate of drug-likeness (QED) is 0.873. The van der Waals surface area contributed by atoms with E-state index >= 15 is 0 Å². The minimum absolute atomic E-state index is 0. The monoisotopic (exact) mass is 322 g/mol. The molecule has 0 saturated heterocycles. The molecule has 1 unspecified atom stereocenters. The van der Waals surface area contributed by atoms with Gasteiger partial charge in [-0.2, -0.15) is 0 Å². The van der Waals surface area contributed by atoms with Gasteiger partial charge in [-0.15, -0.1) is 12.4 Å². The zero-order chi connectivity index (χ0) is 14.6. The number of carbonyl (C=O) groups excluding carboxylic acids is 1. The van der Waals surface area contributed by atoms with Crippen molar-refractivity contribution in [2.24, 2.45) is 11.7 Å². The Morgan fingerprint density at radius 1 is 1.50 bits per heavy atom. The van der Waals surface area contributed by atoms with Gasteiger partial charge in [-0.05, 0) is 37.5 Å². The Kier molecular flexibility index (Phi) is 7.49. The average molecular weight is 323 g/mol. The number of nitrogens with one attached hydrogen (secondary N) is 1. The van der Waals surface area contributed by atoms with Crippen molar-refractivity contribution in [1.29, 1.82) is 0 Å². The minimum Gasteiger partial charge on any atom is -0.346 e. The van der Waals surface area contributed by atoms with E-state index in [9.17, 15) is 9.18 Å². The van der Waals surface area contributed by atoms with Gasteiger partial charge in [0.05, 0.1) is 5.56 Å². The van der Waals surface area contributed by atoms with E-state index < -0.39 is 17.3 Å². The molecule has 0 bridgehead atoms. The Labute approximate surface area is 130 Å². The number of hydrogen-bond donors (Lipinski definition) is 2. The lowest BCUT2D eigenvalue weighted by Crippen LogP contribution is -2.52. The summed E-state index contributed by atoms with van der Waals surface area (Å²) in [7, 11) is 0. The summed E-state index contributed by atoms with van der Waals surface area (Å²) in [6.07, 6.45) is 0.727. The summed E-state index contributed by atoms with van der Waals surface area (Å²) in [6.45, 7) is 6.25. The van der Waals surface area contributed by atoms with E-state index in [4.69, 9.17) is 17.3 Å². The van der Waals surface area contributed by atoms with E-state index in [0.717, 1.165) is 12.5 Å². The van der Waals surface area contributed by atoms with Crippen molar-refractivity contribution in [2.75, 3.05) is 6.54 Å². The Morgan fingerprint density at radius 2 is 2.10 bits per heavy atom. The SMILES string of the molecule is CC(C)CC(C)(CN)NC(=O)c1ccc(Cl)cc1F.Cl. The lowest BCUT2D eigenvalue weighted by atomic mass is 9.90. The van der Waals surface area contributed by atoms with E-state index in [0.29, 0.717) is 12.5 Å². The van der Waals surface area contributed by atoms with Crippen LogP contribution in [0.3, 0.4) is 0 Å². The third-order valence-corrected chi connectivity index (χ3v) is 3.14. The first kappa shape index (κ1) is 19.2. The standard InChI is InChI=1S/C14H20ClFN2O.ClH/c1-9(2)7-14(3,8-17)18-13(19)11-5-4-10(15)6-12(11)16;/h4-6,9H,7-8,17H2,1-3H3,(H,18,19);1H. The predicted molar refractivity (Wildman–Crippen MR) is 83.0 cm³/mol. The highest BCUT2D eigenvalue weighted by Crippen LogP contribution is 2.18. The normalized spacial score (nSPS) is 13.6. The zero-order valence-corrected chi connectivity index (χ0v) is 13.4. The maximum absolute atomic E-state index is 13.7. The molecule has 20 heavy (non-hydrogen) atoms. The van der Waals surface area contributed by atoms with Crippen molar-refractivity contribution in [3.63, 3.8) is 0 Å². The van der Waals surface area contributed by atoms with Crippen molar-refractivity contribution in [3.8, 4) is 0 Å². The molecule has 0 spiro atoms. The molecule has 0 aliphatic heterocycles. The number of amides is 1. The van der Waals surface area contributed by atoms with Gasteiger partial charge in [0.15, 0.2) is 0 Å². The molecule has 3 nitrogen and oxygen atoms in total. The van der Waals surface area contributed by atoms with Gasteiger partial charge >= 0.3 is 0 Å². The van der Waals surface area contributed by atoms with Gasteiger partial charge in [-0.25, -0.2) is 4.39 Å². The molecule has 114 valence electrons. The number of hydrogen-bond acceptors (Lipinski definition) is 2.